The van der Waals surface area contributed by atoms with Crippen LogP contribution < -0.4 is 10.6 Å². The summed E-state index contributed by atoms with van der Waals surface area (Å²) in [6.07, 6.45) is 0.418. The molecule has 0 saturated heterocycles. The molecule has 20 heavy (non-hydrogen) atoms. The van der Waals surface area contributed by atoms with Crippen LogP contribution in [0.2, 0.25) is 0 Å². The van der Waals surface area contributed by atoms with Gasteiger partial charge in [-0.1, -0.05) is 13.8 Å². The Morgan fingerprint density at radius 2 is 1.90 bits per heavy atom. The van der Waals surface area contributed by atoms with Crippen LogP contribution in [0.3, 0.4) is 0 Å². The number of hydrogen-bond donors (Lipinski definition) is 3. The van der Waals surface area contributed by atoms with Gasteiger partial charge < -0.3 is 20.6 Å². The van der Waals surface area contributed by atoms with E-state index in [1.54, 1.807) is 34.9 Å². The van der Waals surface area contributed by atoms with E-state index >= 15 is 0 Å². The number of urea groups is 1. The first-order valence-electron chi connectivity index (χ1n) is 6.62. The lowest BCUT2D eigenvalue weighted by molar-refractivity contribution is -0.147. The van der Waals surface area contributed by atoms with E-state index in [1.165, 1.54) is 4.90 Å². The molecule has 0 heterocycles. The summed E-state index contributed by atoms with van der Waals surface area (Å²) in [7, 11) is 3.11. The van der Waals surface area contributed by atoms with Gasteiger partial charge in [0.25, 0.3) is 0 Å². The van der Waals surface area contributed by atoms with Gasteiger partial charge in [-0.25, -0.2) is 4.79 Å². The van der Waals surface area contributed by atoms with Crippen molar-refractivity contribution < 1.29 is 19.5 Å². The molecule has 7 nitrogen and oxygen atoms in total. The zero-order chi connectivity index (χ0) is 15.9. The number of carboxylic acids is 1. The summed E-state index contributed by atoms with van der Waals surface area (Å²) in [5.41, 5.74) is -0.983. The molecule has 0 fully saturated rings. The van der Waals surface area contributed by atoms with Gasteiger partial charge in [0.05, 0.1) is 11.3 Å². The molecule has 7 heteroatoms. The average Bonchev–Trinajstić information content (AvgIpc) is 2.42. The van der Waals surface area contributed by atoms with E-state index in [9.17, 15) is 14.4 Å². The molecule has 3 amide bonds. The first-order chi connectivity index (χ1) is 9.17. The van der Waals surface area contributed by atoms with Gasteiger partial charge in [0.15, 0.2) is 0 Å². The summed E-state index contributed by atoms with van der Waals surface area (Å²) in [5, 5.41) is 14.2. The Morgan fingerprint density at radius 1 is 1.35 bits per heavy atom. The summed E-state index contributed by atoms with van der Waals surface area (Å²) < 4.78 is 0. The van der Waals surface area contributed by atoms with Crippen molar-refractivity contribution in [1.29, 1.82) is 0 Å². The molecule has 2 unspecified atom stereocenters. The van der Waals surface area contributed by atoms with Gasteiger partial charge >= 0.3 is 12.0 Å². The Kier molecular flexibility index (Phi) is 7.02. The Labute approximate surface area is 119 Å². The summed E-state index contributed by atoms with van der Waals surface area (Å²) in [6.45, 7) is 5.38. The lowest BCUT2D eigenvalue weighted by atomic mass is 9.88. The molecule has 2 atom stereocenters. The Balaban J connectivity index is 4.41. The van der Waals surface area contributed by atoms with E-state index in [0.29, 0.717) is 6.42 Å². The van der Waals surface area contributed by atoms with Gasteiger partial charge in [0.2, 0.25) is 5.91 Å². The molecule has 116 valence electrons. The molecule has 0 aromatic carbocycles. The van der Waals surface area contributed by atoms with Crippen molar-refractivity contribution >= 4 is 17.9 Å². The maximum absolute atomic E-state index is 11.9. The Bertz CT molecular complexity index is 373. The van der Waals surface area contributed by atoms with Crippen molar-refractivity contribution in [1.82, 2.24) is 15.5 Å². The van der Waals surface area contributed by atoms with Crippen LogP contribution in [0.25, 0.3) is 0 Å². The van der Waals surface area contributed by atoms with Crippen molar-refractivity contribution in [2.75, 3.05) is 27.2 Å². The highest BCUT2D eigenvalue weighted by Crippen LogP contribution is 2.19. The largest absolute Gasteiger partial charge is 0.481 e. The van der Waals surface area contributed by atoms with Gasteiger partial charge in [0.1, 0.15) is 0 Å². The standard InChI is InChI=1S/C13H25N3O4/c1-6-13(3,11(18)19)8-15-12(20)16(5)7-9(2)10(17)14-4/h9H,6-8H2,1-5H3,(H,14,17)(H,15,20)(H,18,19). The number of aliphatic carboxylic acids is 1. The molecule has 0 spiro atoms. The predicted molar refractivity (Wildman–Crippen MR) is 75.3 cm³/mol. The number of nitrogens with zero attached hydrogens (tertiary/aromatic N) is 1. The van der Waals surface area contributed by atoms with Gasteiger partial charge in [0, 0.05) is 27.2 Å². The topological polar surface area (TPSA) is 98.7 Å². The maximum Gasteiger partial charge on any atom is 0.317 e. The predicted octanol–water partition coefficient (Wildman–Crippen LogP) is 0.511. The highest BCUT2D eigenvalue weighted by Gasteiger charge is 2.32. The van der Waals surface area contributed by atoms with E-state index in [1.807, 2.05) is 0 Å². The normalized spacial score (nSPS) is 14.8. The first-order valence-corrected chi connectivity index (χ1v) is 6.62. The quantitative estimate of drug-likeness (QED) is 0.635. The highest BCUT2D eigenvalue weighted by molar-refractivity contribution is 5.80. The molecule has 0 aliphatic carbocycles. The van der Waals surface area contributed by atoms with Crippen LogP contribution in [0.1, 0.15) is 27.2 Å². The molecule has 0 aliphatic rings. The minimum atomic E-state index is -0.983. The van der Waals surface area contributed by atoms with Crippen molar-refractivity contribution in [3.8, 4) is 0 Å². The van der Waals surface area contributed by atoms with Crippen LogP contribution in [0.4, 0.5) is 4.79 Å². The molecular formula is C13H25N3O4. The average molecular weight is 287 g/mol. The molecule has 0 aromatic rings. The van der Waals surface area contributed by atoms with Crippen LogP contribution >= 0.6 is 0 Å². The smallest absolute Gasteiger partial charge is 0.317 e. The minimum absolute atomic E-state index is 0.0519. The molecule has 0 radical (unpaired) electrons. The van der Waals surface area contributed by atoms with Crippen LogP contribution in [-0.4, -0.2) is 55.1 Å². The monoisotopic (exact) mass is 287 g/mol. The number of carbonyl (C=O) groups is 3. The fourth-order valence-corrected chi connectivity index (χ4v) is 1.58. The second kappa shape index (κ2) is 7.72. The molecule has 0 bridgehead atoms. The third-order valence-corrected chi connectivity index (χ3v) is 3.51. The number of nitrogens with one attached hydrogen (secondary N) is 2. The zero-order valence-electron chi connectivity index (χ0n) is 12.8. The van der Waals surface area contributed by atoms with E-state index in [-0.39, 0.29) is 30.9 Å². The fourth-order valence-electron chi connectivity index (χ4n) is 1.58. The van der Waals surface area contributed by atoms with Crippen molar-refractivity contribution in [3.05, 3.63) is 0 Å². The molecule has 3 N–H and O–H groups in total. The summed E-state index contributed by atoms with van der Waals surface area (Å²) in [6, 6.07) is -0.387. The molecule has 0 saturated carbocycles. The van der Waals surface area contributed by atoms with Crippen LogP contribution in [0.5, 0.6) is 0 Å². The van der Waals surface area contributed by atoms with Crippen LogP contribution in [0, 0.1) is 11.3 Å². The van der Waals surface area contributed by atoms with E-state index in [2.05, 4.69) is 10.6 Å². The number of carboxylic acid groups (broad SMARTS) is 1. The van der Waals surface area contributed by atoms with E-state index in [4.69, 9.17) is 5.11 Å². The number of rotatable bonds is 7. The van der Waals surface area contributed by atoms with Crippen LogP contribution in [0.15, 0.2) is 0 Å². The SMILES string of the molecule is CCC(C)(CNC(=O)N(C)CC(C)C(=O)NC)C(=O)O. The maximum atomic E-state index is 11.9. The fraction of sp³-hybridized carbons (Fsp3) is 0.769. The van der Waals surface area contributed by atoms with E-state index in [0.717, 1.165) is 0 Å². The van der Waals surface area contributed by atoms with Crippen molar-refractivity contribution in [2.24, 2.45) is 11.3 Å². The summed E-state index contributed by atoms with van der Waals surface area (Å²) in [5.74, 6) is -1.41. The molecule has 0 aromatic heterocycles. The van der Waals surface area contributed by atoms with Gasteiger partial charge in [-0.05, 0) is 13.3 Å². The summed E-state index contributed by atoms with van der Waals surface area (Å²) >= 11 is 0. The van der Waals surface area contributed by atoms with Gasteiger partial charge in [-0.3, -0.25) is 9.59 Å². The number of hydrogen-bond acceptors (Lipinski definition) is 3. The van der Waals surface area contributed by atoms with E-state index < -0.39 is 11.4 Å². The highest BCUT2D eigenvalue weighted by atomic mass is 16.4. The third kappa shape index (κ3) is 5.07. The minimum Gasteiger partial charge on any atom is -0.481 e. The second-order valence-corrected chi connectivity index (χ2v) is 5.27. The first kappa shape index (κ1) is 18.2. The second-order valence-electron chi connectivity index (χ2n) is 5.27. The lowest BCUT2D eigenvalue weighted by Crippen LogP contribution is -2.47. The van der Waals surface area contributed by atoms with Gasteiger partial charge in [-0.15, -0.1) is 0 Å². The van der Waals surface area contributed by atoms with Crippen molar-refractivity contribution in [2.45, 2.75) is 27.2 Å². The van der Waals surface area contributed by atoms with Crippen LogP contribution in [-0.2, 0) is 9.59 Å². The third-order valence-electron chi connectivity index (χ3n) is 3.51. The Hall–Kier alpha value is -1.79. The van der Waals surface area contributed by atoms with Gasteiger partial charge in [-0.2, -0.15) is 0 Å². The molecule has 0 aliphatic heterocycles. The number of amides is 3. The zero-order valence-corrected chi connectivity index (χ0v) is 12.8. The van der Waals surface area contributed by atoms with Crippen molar-refractivity contribution in [3.63, 3.8) is 0 Å². The Morgan fingerprint density at radius 3 is 2.30 bits per heavy atom. The molecular weight excluding hydrogens is 262 g/mol. The molecule has 0 rings (SSSR count). The number of carbonyl (C=O) groups excluding carboxylic acids is 2. The lowest BCUT2D eigenvalue weighted by Gasteiger charge is -2.26. The summed E-state index contributed by atoms with van der Waals surface area (Å²) in [4.78, 5) is 35.7.